The highest BCUT2D eigenvalue weighted by molar-refractivity contribution is 7.89. The number of carbonyl (C=O) groups is 2. The average Bonchev–Trinajstić information content (AvgIpc) is 2.79. The van der Waals surface area contributed by atoms with Crippen molar-refractivity contribution in [1.29, 1.82) is 0 Å². The predicted molar refractivity (Wildman–Crippen MR) is 119 cm³/mol. The van der Waals surface area contributed by atoms with Crippen LogP contribution in [0.2, 0.25) is 0 Å². The molecule has 0 fully saturated rings. The Kier molecular flexibility index (Phi) is 6.07. The van der Waals surface area contributed by atoms with Crippen molar-refractivity contribution in [1.82, 2.24) is 5.32 Å². The maximum atomic E-state index is 12.6. The zero-order valence-electron chi connectivity index (χ0n) is 17.2. The number of nitrogens with two attached hydrogens (primary N) is 1. The van der Waals surface area contributed by atoms with Gasteiger partial charge in [-0.15, -0.1) is 0 Å². The number of carbonyl (C=O) groups excluding carboxylic acids is 2. The third-order valence-corrected chi connectivity index (χ3v) is 6.29. The second-order valence-electron chi connectivity index (χ2n) is 7.58. The molecule has 3 aromatic carbocycles. The first-order valence-electron chi connectivity index (χ1n) is 10.1. The number of ether oxygens (including phenoxy) is 1. The van der Waals surface area contributed by atoms with Gasteiger partial charge in [-0.2, -0.15) is 0 Å². The number of cyclic esters (lactones) is 1. The maximum Gasteiger partial charge on any atom is 0.339 e. The van der Waals surface area contributed by atoms with Crippen molar-refractivity contribution in [2.75, 3.05) is 6.54 Å². The first-order chi connectivity index (χ1) is 15.3. The van der Waals surface area contributed by atoms with E-state index in [1.807, 2.05) is 30.3 Å². The van der Waals surface area contributed by atoms with Gasteiger partial charge in [-0.1, -0.05) is 42.5 Å². The standard InChI is InChI=1S/C24H22N2O5S/c25-32(29,30)20-9-6-16(7-10-20)12-13-26-23(27)18-8-11-21-19(14-18)15-22(31-24(21)28)17-4-2-1-3-5-17/h1-11,14,22H,12-13,15H2,(H,26,27)(H2,25,29,30)/t22-/m1/s1. The maximum absolute atomic E-state index is 12.6. The van der Waals surface area contributed by atoms with E-state index < -0.39 is 16.0 Å². The van der Waals surface area contributed by atoms with Crippen LogP contribution in [0.15, 0.2) is 77.7 Å². The molecule has 0 bridgehead atoms. The number of nitrogens with one attached hydrogen (secondary N) is 1. The summed E-state index contributed by atoms with van der Waals surface area (Å²) in [5, 5.41) is 7.95. The molecule has 1 amide bonds. The zero-order valence-corrected chi connectivity index (χ0v) is 18.0. The molecule has 1 heterocycles. The lowest BCUT2D eigenvalue weighted by molar-refractivity contribution is 0.0252. The Labute approximate surface area is 186 Å². The molecule has 0 saturated heterocycles. The lowest BCUT2D eigenvalue weighted by Gasteiger charge is -2.25. The third kappa shape index (κ3) is 4.87. The minimum atomic E-state index is -3.73. The molecule has 32 heavy (non-hydrogen) atoms. The fourth-order valence-electron chi connectivity index (χ4n) is 3.66. The molecular weight excluding hydrogens is 428 g/mol. The summed E-state index contributed by atoms with van der Waals surface area (Å²) in [6.07, 6.45) is 0.655. The molecule has 1 aliphatic heterocycles. The second-order valence-corrected chi connectivity index (χ2v) is 9.14. The summed E-state index contributed by atoms with van der Waals surface area (Å²) in [7, 11) is -3.73. The molecule has 0 spiro atoms. The molecular formula is C24H22N2O5S. The van der Waals surface area contributed by atoms with E-state index >= 15 is 0 Å². The average molecular weight is 451 g/mol. The van der Waals surface area contributed by atoms with E-state index in [0.29, 0.717) is 30.5 Å². The Bertz CT molecular complexity index is 1260. The van der Waals surface area contributed by atoms with Gasteiger partial charge in [0.15, 0.2) is 0 Å². The van der Waals surface area contributed by atoms with Crippen molar-refractivity contribution in [3.05, 3.63) is 101 Å². The van der Waals surface area contributed by atoms with Gasteiger partial charge in [0.05, 0.1) is 10.5 Å². The van der Waals surface area contributed by atoms with E-state index in [0.717, 1.165) is 16.7 Å². The molecule has 7 nitrogen and oxygen atoms in total. The number of esters is 1. The van der Waals surface area contributed by atoms with Gasteiger partial charge < -0.3 is 10.1 Å². The van der Waals surface area contributed by atoms with Crippen LogP contribution in [0.3, 0.4) is 0 Å². The summed E-state index contributed by atoms with van der Waals surface area (Å²) in [5.74, 6) is -0.640. The van der Waals surface area contributed by atoms with Gasteiger partial charge in [0.1, 0.15) is 6.10 Å². The van der Waals surface area contributed by atoms with Crippen LogP contribution < -0.4 is 10.5 Å². The van der Waals surface area contributed by atoms with E-state index in [9.17, 15) is 18.0 Å². The van der Waals surface area contributed by atoms with Gasteiger partial charge in [0.25, 0.3) is 5.91 Å². The molecule has 0 aromatic heterocycles. The fraction of sp³-hybridized carbons (Fsp3) is 0.167. The van der Waals surface area contributed by atoms with Crippen LogP contribution in [0, 0.1) is 0 Å². The summed E-state index contributed by atoms with van der Waals surface area (Å²) in [5.41, 5.74) is 3.51. The first kappa shape index (κ1) is 21.7. The number of benzene rings is 3. The monoisotopic (exact) mass is 450 g/mol. The number of amides is 1. The van der Waals surface area contributed by atoms with Crippen molar-refractivity contribution < 1.29 is 22.7 Å². The fourth-order valence-corrected chi connectivity index (χ4v) is 4.17. The summed E-state index contributed by atoms with van der Waals surface area (Å²) < 4.78 is 28.2. The highest BCUT2D eigenvalue weighted by atomic mass is 32.2. The van der Waals surface area contributed by atoms with Gasteiger partial charge in [0.2, 0.25) is 10.0 Å². The topological polar surface area (TPSA) is 116 Å². The molecule has 0 saturated carbocycles. The minimum Gasteiger partial charge on any atom is -0.454 e. The first-order valence-corrected chi connectivity index (χ1v) is 11.6. The van der Waals surface area contributed by atoms with Gasteiger partial charge in [-0.25, -0.2) is 18.4 Å². The van der Waals surface area contributed by atoms with E-state index in [4.69, 9.17) is 9.88 Å². The Morgan fingerprint density at radius 1 is 1.03 bits per heavy atom. The van der Waals surface area contributed by atoms with E-state index in [1.165, 1.54) is 12.1 Å². The molecule has 8 heteroatoms. The van der Waals surface area contributed by atoms with Crippen molar-refractivity contribution >= 4 is 21.9 Å². The van der Waals surface area contributed by atoms with Crippen LogP contribution in [0.5, 0.6) is 0 Å². The zero-order chi connectivity index (χ0) is 22.7. The van der Waals surface area contributed by atoms with Crippen LogP contribution in [-0.2, 0) is 27.6 Å². The van der Waals surface area contributed by atoms with Crippen molar-refractivity contribution in [3.8, 4) is 0 Å². The highest BCUT2D eigenvalue weighted by Gasteiger charge is 2.28. The molecule has 0 radical (unpaired) electrons. The number of fused-ring (bicyclic) bond motifs is 1. The largest absolute Gasteiger partial charge is 0.454 e. The quantitative estimate of drug-likeness (QED) is 0.560. The number of primary sulfonamides is 1. The van der Waals surface area contributed by atoms with Crippen molar-refractivity contribution in [3.63, 3.8) is 0 Å². The van der Waals surface area contributed by atoms with Crippen molar-refractivity contribution in [2.45, 2.75) is 23.8 Å². The lowest BCUT2D eigenvalue weighted by atomic mass is 9.93. The van der Waals surface area contributed by atoms with Crippen LogP contribution in [0.25, 0.3) is 0 Å². The van der Waals surface area contributed by atoms with Crippen LogP contribution in [-0.4, -0.2) is 26.8 Å². The SMILES string of the molecule is NS(=O)(=O)c1ccc(CCNC(=O)c2ccc3c(c2)C[C@H](c2ccccc2)OC3=O)cc1. The van der Waals surface area contributed by atoms with E-state index in [2.05, 4.69) is 5.32 Å². The predicted octanol–water partition coefficient (Wildman–Crippen LogP) is 2.76. The Balaban J connectivity index is 1.40. The minimum absolute atomic E-state index is 0.0479. The summed E-state index contributed by atoms with van der Waals surface area (Å²) in [6.45, 7) is 0.374. The number of hydrogen-bond donors (Lipinski definition) is 2. The Hall–Kier alpha value is -3.49. The van der Waals surface area contributed by atoms with Gasteiger partial charge in [-0.05, 0) is 53.4 Å². The highest BCUT2D eigenvalue weighted by Crippen LogP contribution is 2.31. The molecule has 3 aromatic rings. The normalized spacial score (nSPS) is 15.5. The lowest BCUT2D eigenvalue weighted by Crippen LogP contribution is -2.27. The van der Waals surface area contributed by atoms with Gasteiger partial charge >= 0.3 is 5.97 Å². The Morgan fingerprint density at radius 3 is 2.44 bits per heavy atom. The summed E-state index contributed by atoms with van der Waals surface area (Å²) in [6, 6.07) is 20.7. The number of rotatable bonds is 6. The smallest absolute Gasteiger partial charge is 0.339 e. The van der Waals surface area contributed by atoms with E-state index in [-0.39, 0.29) is 16.9 Å². The van der Waals surface area contributed by atoms with Crippen molar-refractivity contribution in [2.24, 2.45) is 5.14 Å². The molecule has 4 rings (SSSR count). The summed E-state index contributed by atoms with van der Waals surface area (Å²) in [4.78, 5) is 25.1. The summed E-state index contributed by atoms with van der Waals surface area (Å²) >= 11 is 0. The van der Waals surface area contributed by atoms with Gasteiger partial charge in [0, 0.05) is 18.5 Å². The van der Waals surface area contributed by atoms with Gasteiger partial charge in [-0.3, -0.25) is 4.79 Å². The molecule has 3 N–H and O–H groups in total. The molecule has 0 aliphatic carbocycles. The van der Waals surface area contributed by atoms with E-state index in [1.54, 1.807) is 30.3 Å². The second kappa shape index (κ2) is 8.94. The Morgan fingerprint density at radius 2 is 1.75 bits per heavy atom. The molecule has 164 valence electrons. The third-order valence-electron chi connectivity index (χ3n) is 5.36. The number of hydrogen-bond acceptors (Lipinski definition) is 5. The van der Waals surface area contributed by atoms with Crippen LogP contribution in [0.1, 0.15) is 43.5 Å². The number of sulfonamides is 1. The molecule has 0 unspecified atom stereocenters. The molecule has 1 atom stereocenters. The molecule has 1 aliphatic rings. The van der Waals surface area contributed by atoms with Crippen LogP contribution >= 0.6 is 0 Å². The van der Waals surface area contributed by atoms with Crippen LogP contribution in [0.4, 0.5) is 0 Å².